The predicted octanol–water partition coefficient (Wildman–Crippen LogP) is 2.38. The van der Waals surface area contributed by atoms with Crippen LogP contribution < -0.4 is 0 Å². The van der Waals surface area contributed by atoms with E-state index in [-0.39, 0.29) is 63.4 Å². The second-order valence-corrected chi connectivity index (χ2v) is 2.00. The van der Waals surface area contributed by atoms with Crippen LogP contribution in [0.5, 0.6) is 0 Å². The number of hydrogen-bond acceptors (Lipinski definition) is 2. The molecule has 72 valence electrons. The van der Waals surface area contributed by atoms with Crippen molar-refractivity contribution in [1.29, 1.82) is 0 Å². The molecule has 0 radical (unpaired) electrons. The fourth-order valence-corrected chi connectivity index (χ4v) is 0.562. The smallest absolute Gasteiger partial charge is 0 e. The number of hydrogen-bond donors (Lipinski definition) is 0. The monoisotopic (exact) mass is 307 g/mol. The fourth-order valence-electron chi connectivity index (χ4n) is 0.562. The molecule has 1 aromatic heterocycles. The van der Waals surface area contributed by atoms with Gasteiger partial charge in [0.15, 0.2) is 0 Å². The van der Waals surface area contributed by atoms with Gasteiger partial charge in [-0.05, 0) is 0 Å². The summed E-state index contributed by atoms with van der Waals surface area (Å²) in [7, 11) is 0. The molecule has 1 aromatic rings. The zero-order valence-corrected chi connectivity index (χ0v) is 12.0. The SMILES string of the molecule is Cc1nn[c-](C)c1C.Cl.Cl.Cl.[Zr]. The number of aryl methyl sites for hydroxylation is 2. The molecule has 0 saturated heterocycles. The first-order chi connectivity index (χ1) is 3.72. The van der Waals surface area contributed by atoms with Gasteiger partial charge in [0.2, 0.25) is 0 Å². The van der Waals surface area contributed by atoms with Crippen molar-refractivity contribution in [1.82, 2.24) is 10.2 Å². The summed E-state index contributed by atoms with van der Waals surface area (Å²) in [6.45, 7) is 5.97. The van der Waals surface area contributed by atoms with Crippen LogP contribution >= 0.6 is 37.2 Å². The van der Waals surface area contributed by atoms with Gasteiger partial charge in [-0.25, -0.2) is 0 Å². The van der Waals surface area contributed by atoms with Crippen molar-refractivity contribution in [2.24, 2.45) is 0 Å². The summed E-state index contributed by atoms with van der Waals surface area (Å²) < 4.78 is 0. The van der Waals surface area contributed by atoms with Crippen LogP contribution in [-0.4, -0.2) is 10.2 Å². The van der Waals surface area contributed by atoms with Crippen LogP contribution in [0.4, 0.5) is 0 Å². The largest absolute Gasteiger partial charge is 0.273 e. The van der Waals surface area contributed by atoms with Crippen molar-refractivity contribution >= 4 is 37.2 Å². The quantitative estimate of drug-likeness (QED) is 0.688. The minimum atomic E-state index is 0. The van der Waals surface area contributed by atoms with E-state index < -0.39 is 0 Å². The standard InChI is InChI=1S/C6H9N2.3ClH.Zr/c1-4-5(2)7-8-6(4)3;;;;/h1-3H3;3*1H;/q-1;;;;. The first-order valence-electron chi connectivity index (χ1n) is 2.65. The zero-order valence-electron chi connectivity index (χ0n) is 7.12. The van der Waals surface area contributed by atoms with Crippen LogP contribution in [0, 0.1) is 20.8 Å². The normalized spacial score (nSPS) is 6.58. The van der Waals surface area contributed by atoms with Crippen LogP contribution in [0.25, 0.3) is 0 Å². The maximum absolute atomic E-state index is 3.87. The third kappa shape index (κ3) is 5.58. The molecule has 0 atom stereocenters. The second-order valence-electron chi connectivity index (χ2n) is 2.00. The number of halogens is 3. The van der Waals surface area contributed by atoms with Crippen LogP contribution in [0.3, 0.4) is 0 Å². The summed E-state index contributed by atoms with van der Waals surface area (Å²) in [6.07, 6.45) is 0. The van der Waals surface area contributed by atoms with Gasteiger partial charge in [-0.1, -0.05) is 32.2 Å². The molecule has 0 fully saturated rings. The minimum Gasteiger partial charge on any atom is -0.273 e. The van der Waals surface area contributed by atoms with Gasteiger partial charge in [-0.2, -0.15) is 5.56 Å². The number of rotatable bonds is 0. The van der Waals surface area contributed by atoms with Crippen molar-refractivity contribution in [3.63, 3.8) is 0 Å². The first kappa shape index (κ1) is 23.1. The molecule has 1 rings (SSSR count). The summed E-state index contributed by atoms with van der Waals surface area (Å²) in [6, 6.07) is 0. The van der Waals surface area contributed by atoms with Crippen LogP contribution in [0.15, 0.2) is 0 Å². The molecule has 1 heterocycles. The van der Waals surface area contributed by atoms with E-state index in [2.05, 4.69) is 10.2 Å². The molecule has 2 nitrogen and oxygen atoms in total. The van der Waals surface area contributed by atoms with Crippen LogP contribution in [0.1, 0.15) is 17.0 Å². The summed E-state index contributed by atoms with van der Waals surface area (Å²) in [5, 5.41) is 7.73. The molecule has 6 heteroatoms. The van der Waals surface area contributed by atoms with Crippen molar-refractivity contribution in [2.75, 3.05) is 0 Å². The molecule has 0 aliphatic heterocycles. The Balaban J connectivity index is -0.0000000800. The first-order valence-corrected chi connectivity index (χ1v) is 2.65. The minimum absolute atomic E-state index is 0. The molecular weight excluding hydrogens is 298 g/mol. The summed E-state index contributed by atoms with van der Waals surface area (Å²) >= 11 is 0. The Bertz CT molecular complexity index is 183. The second kappa shape index (κ2) is 10.0. The van der Waals surface area contributed by atoms with Crippen molar-refractivity contribution in [3.8, 4) is 0 Å². The van der Waals surface area contributed by atoms with Gasteiger partial charge in [0.05, 0.1) is 0 Å². The predicted molar refractivity (Wildman–Crippen MR) is 53.6 cm³/mol. The molecule has 0 N–H and O–H groups in total. The van der Waals surface area contributed by atoms with E-state index >= 15 is 0 Å². The van der Waals surface area contributed by atoms with Gasteiger partial charge < -0.3 is 0 Å². The maximum Gasteiger partial charge on any atom is 0 e. The average Bonchev–Trinajstić information content (AvgIpc) is 1.98. The van der Waals surface area contributed by atoms with E-state index in [9.17, 15) is 0 Å². The van der Waals surface area contributed by atoms with Crippen molar-refractivity contribution in [3.05, 3.63) is 17.0 Å². The van der Waals surface area contributed by atoms with Crippen molar-refractivity contribution < 1.29 is 26.2 Å². The molecule has 0 aromatic carbocycles. The van der Waals surface area contributed by atoms with Crippen LogP contribution in [-0.2, 0) is 26.2 Å². The third-order valence-electron chi connectivity index (χ3n) is 1.44. The molecule has 0 bridgehead atoms. The van der Waals surface area contributed by atoms with Gasteiger partial charge in [-0.3, -0.25) is 10.2 Å². The van der Waals surface area contributed by atoms with Gasteiger partial charge >= 0.3 is 0 Å². The Morgan fingerprint density at radius 3 is 1.58 bits per heavy atom. The van der Waals surface area contributed by atoms with E-state index in [1.807, 2.05) is 20.8 Å². The Hall–Kier alpha value is 0.963. The van der Waals surface area contributed by atoms with Gasteiger partial charge in [0.1, 0.15) is 0 Å². The van der Waals surface area contributed by atoms with E-state index in [1.165, 1.54) is 5.56 Å². The Kier molecular flexibility index (Phi) is 19.3. The summed E-state index contributed by atoms with van der Waals surface area (Å²) in [5.74, 6) is 0. The average molecular weight is 310 g/mol. The van der Waals surface area contributed by atoms with E-state index in [1.54, 1.807) is 0 Å². The number of nitrogens with zero attached hydrogens (tertiary/aromatic N) is 2. The summed E-state index contributed by atoms with van der Waals surface area (Å²) in [4.78, 5) is 0. The Labute approximate surface area is 111 Å². The van der Waals surface area contributed by atoms with Crippen LogP contribution in [0.2, 0.25) is 0 Å². The maximum atomic E-state index is 3.87. The van der Waals surface area contributed by atoms with Crippen molar-refractivity contribution in [2.45, 2.75) is 20.8 Å². The molecule has 0 spiro atoms. The molecule has 0 aliphatic carbocycles. The zero-order chi connectivity index (χ0) is 6.15. The van der Waals surface area contributed by atoms with Gasteiger partial charge in [0, 0.05) is 26.2 Å². The summed E-state index contributed by atoms with van der Waals surface area (Å²) in [5.41, 5.74) is 3.30. The third-order valence-corrected chi connectivity index (χ3v) is 1.44. The molecule has 0 aliphatic rings. The molecular formula is C6H12Cl3N2Zr-. The molecule has 12 heavy (non-hydrogen) atoms. The molecule has 0 unspecified atom stereocenters. The van der Waals surface area contributed by atoms with E-state index in [4.69, 9.17) is 0 Å². The van der Waals surface area contributed by atoms with E-state index in [0.29, 0.717) is 0 Å². The topological polar surface area (TPSA) is 25.8 Å². The van der Waals surface area contributed by atoms with Gasteiger partial charge in [0.25, 0.3) is 0 Å². The molecule has 0 amide bonds. The fraction of sp³-hybridized carbons (Fsp3) is 0.500. The van der Waals surface area contributed by atoms with E-state index in [0.717, 1.165) is 11.4 Å². The Morgan fingerprint density at radius 2 is 1.50 bits per heavy atom. The van der Waals surface area contributed by atoms with Gasteiger partial charge in [-0.15, -0.1) is 37.2 Å². The molecule has 0 saturated carbocycles. The Morgan fingerprint density at radius 1 is 1.08 bits per heavy atom. The number of aromatic nitrogens is 2.